The van der Waals surface area contributed by atoms with Crippen molar-refractivity contribution in [2.24, 2.45) is 0 Å². The molecule has 0 spiro atoms. The van der Waals surface area contributed by atoms with Gasteiger partial charge in [0, 0.05) is 17.5 Å². The number of hydrogen-bond donors (Lipinski definition) is 2. The van der Waals surface area contributed by atoms with E-state index in [9.17, 15) is 5.11 Å². The van der Waals surface area contributed by atoms with E-state index in [2.05, 4.69) is 37.3 Å². The third-order valence-corrected chi connectivity index (χ3v) is 4.40. The summed E-state index contributed by atoms with van der Waals surface area (Å²) in [5, 5.41) is 9.75. The van der Waals surface area contributed by atoms with Crippen LogP contribution in [0.25, 0.3) is 0 Å². The quantitative estimate of drug-likeness (QED) is 0.857. The zero-order chi connectivity index (χ0) is 14.1. The van der Waals surface area contributed by atoms with Gasteiger partial charge < -0.3 is 10.0 Å². The minimum Gasteiger partial charge on any atom is -0.508 e. The Balaban J connectivity index is 1.78. The number of nitrogens with one attached hydrogen (secondary N) is 1. The summed E-state index contributed by atoms with van der Waals surface area (Å²) in [4.78, 5) is 1.61. The first-order valence-electron chi connectivity index (χ1n) is 7.33. The Morgan fingerprint density at radius 1 is 1.05 bits per heavy atom. The molecule has 0 amide bonds. The van der Waals surface area contributed by atoms with Crippen molar-refractivity contribution in [3.8, 4) is 5.75 Å². The van der Waals surface area contributed by atoms with Crippen LogP contribution in [0.15, 0.2) is 36.4 Å². The van der Waals surface area contributed by atoms with Crippen LogP contribution < -0.4 is 4.90 Å². The van der Waals surface area contributed by atoms with Gasteiger partial charge in [0.1, 0.15) is 18.8 Å². The number of rotatable bonds is 2. The van der Waals surface area contributed by atoms with Crippen molar-refractivity contribution >= 4 is 0 Å². The van der Waals surface area contributed by atoms with E-state index in [0.717, 1.165) is 18.7 Å². The van der Waals surface area contributed by atoms with Gasteiger partial charge in [-0.15, -0.1) is 0 Å². The Hall–Kier alpha value is -1.80. The van der Waals surface area contributed by atoms with Gasteiger partial charge in [-0.05, 0) is 42.7 Å². The number of phenols is 1. The third kappa shape index (κ3) is 2.56. The van der Waals surface area contributed by atoms with Gasteiger partial charge in [-0.3, -0.25) is 0 Å². The summed E-state index contributed by atoms with van der Waals surface area (Å²) in [6.07, 6.45) is 1.17. The molecule has 2 N–H and O–H groups in total. The lowest BCUT2D eigenvalue weighted by Crippen LogP contribution is -3.10. The van der Waals surface area contributed by atoms with E-state index in [0.29, 0.717) is 5.75 Å². The predicted molar refractivity (Wildman–Crippen MR) is 81.0 cm³/mol. The van der Waals surface area contributed by atoms with E-state index in [-0.39, 0.29) is 0 Å². The Labute approximate surface area is 120 Å². The van der Waals surface area contributed by atoms with Crippen LogP contribution in [0.3, 0.4) is 0 Å². The summed E-state index contributed by atoms with van der Waals surface area (Å²) in [6, 6.07) is 12.8. The molecule has 104 valence electrons. The Morgan fingerprint density at radius 2 is 1.80 bits per heavy atom. The molecule has 1 atom stereocenters. The molecule has 1 aliphatic rings. The fourth-order valence-electron chi connectivity index (χ4n) is 3.11. The largest absolute Gasteiger partial charge is 0.508 e. The number of hydrogen-bond acceptors (Lipinski definition) is 1. The van der Waals surface area contributed by atoms with E-state index in [1.54, 1.807) is 4.90 Å². The van der Waals surface area contributed by atoms with Crippen LogP contribution in [-0.4, -0.2) is 11.7 Å². The smallest absolute Gasteiger partial charge is 0.118 e. The summed E-state index contributed by atoms with van der Waals surface area (Å²) in [7, 11) is 0. The number of aryl methyl sites for hydroxylation is 2. The molecule has 0 bridgehead atoms. The summed E-state index contributed by atoms with van der Waals surface area (Å²) < 4.78 is 0. The normalized spacial score (nSPS) is 17.8. The van der Waals surface area contributed by atoms with Crippen LogP contribution in [-0.2, 0) is 19.5 Å². The minimum atomic E-state index is 0.408. The average molecular weight is 268 g/mol. The van der Waals surface area contributed by atoms with Crippen molar-refractivity contribution in [1.29, 1.82) is 0 Å². The van der Waals surface area contributed by atoms with E-state index in [1.165, 1.54) is 35.2 Å². The van der Waals surface area contributed by atoms with Gasteiger partial charge in [0.05, 0.1) is 6.54 Å². The highest BCUT2D eigenvalue weighted by Crippen LogP contribution is 2.21. The number of benzene rings is 2. The van der Waals surface area contributed by atoms with Crippen LogP contribution >= 0.6 is 0 Å². The predicted octanol–water partition coefficient (Wildman–Crippen LogP) is 2.15. The number of phenolic OH excluding ortho intramolecular Hbond substituents is 1. The molecule has 2 heteroatoms. The van der Waals surface area contributed by atoms with Crippen LogP contribution in [0.1, 0.15) is 27.8 Å². The van der Waals surface area contributed by atoms with Crippen molar-refractivity contribution in [3.05, 3.63) is 64.2 Å². The molecule has 3 rings (SSSR count). The Morgan fingerprint density at radius 3 is 2.60 bits per heavy atom. The number of aromatic hydroxyl groups is 1. The zero-order valence-corrected chi connectivity index (χ0v) is 12.2. The van der Waals surface area contributed by atoms with Gasteiger partial charge in [0.2, 0.25) is 0 Å². The SMILES string of the molecule is Cc1cc(C[NH+]2CCc3ccccc3C2)c(C)cc1O. The van der Waals surface area contributed by atoms with Crippen LogP contribution in [0.5, 0.6) is 5.75 Å². The Bertz CT molecular complexity index is 633. The summed E-state index contributed by atoms with van der Waals surface area (Å²) in [6.45, 7) is 7.40. The lowest BCUT2D eigenvalue weighted by molar-refractivity contribution is -0.929. The zero-order valence-electron chi connectivity index (χ0n) is 12.2. The molecule has 2 aromatic rings. The fourth-order valence-corrected chi connectivity index (χ4v) is 3.11. The second-order valence-electron chi connectivity index (χ2n) is 5.94. The highest BCUT2D eigenvalue weighted by molar-refractivity contribution is 5.40. The fraction of sp³-hybridized carbons (Fsp3) is 0.333. The van der Waals surface area contributed by atoms with Crippen LogP contribution in [0.4, 0.5) is 0 Å². The van der Waals surface area contributed by atoms with Gasteiger partial charge in [-0.1, -0.05) is 24.3 Å². The molecular formula is C18H22NO+. The molecule has 0 radical (unpaired) electrons. The monoisotopic (exact) mass is 268 g/mol. The highest BCUT2D eigenvalue weighted by Gasteiger charge is 2.19. The first kappa shape index (κ1) is 13.2. The van der Waals surface area contributed by atoms with E-state index >= 15 is 0 Å². The first-order chi connectivity index (χ1) is 9.63. The molecule has 0 aliphatic carbocycles. The van der Waals surface area contributed by atoms with Crippen molar-refractivity contribution < 1.29 is 10.0 Å². The lowest BCUT2D eigenvalue weighted by Gasteiger charge is -2.26. The molecule has 1 unspecified atom stereocenters. The van der Waals surface area contributed by atoms with E-state index in [1.807, 2.05) is 13.0 Å². The van der Waals surface area contributed by atoms with Crippen molar-refractivity contribution in [1.82, 2.24) is 0 Å². The molecule has 0 saturated carbocycles. The topological polar surface area (TPSA) is 24.7 Å². The van der Waals surface area contributed by atoms with Crippen molar-refractivity contribution in [3.63, 3.8) is 0 Å². The van der Waals surface area contributed by atoms with Crippen LogP contribution in [0, 0.1) is 13.8 Å². The van der Waals surface area contributed by atoms with Gasteiger partial charge in [0.25, 0.3) is 0 Å². The molecular weight excluding hydrogens is 246 g/mol. The maximum Gasteiger partial charge on any atom is 0.118 e. The molecule has 1 heterocycles. The van der Waals surface area contributed by atoms with Crippen LogP contribution in [0.2, 0.25) is 0 Å². The summed E-state index contributed by atoms with van der Waals surface area (Å²) in [5.74, 6) is 0.408. The molecule has 1 aliphatic heterocycles. The number of quaternary nitrogens is 1. The van der Waals surface area contributed by atoms with Gasteiger partial charge in [0.15, 0.2) is 0 Å². The second kappa shape index (κ2) is 5.29. The minimum absolute atomic E-state index is 0.408. The molecule has 2 nitrogen and oxygen atoms in total. The third-order valence-electron chi connectivity index (χ3n) is 4.40. The van der Waals surface area contributed by atoms with E-state index < -0.39 is 0 Å². The van der Waals surface area contributed by atoms with Crippen molar-refractivity contribution in [2.75, 3.05) is 6.54 Å². The van der Waals surface area contributed by atoms with E-state index in [4.69, 9.17) is 0 Å². The molecule has 0 fully saturated rings. The Kier molecular flexibility index (Phi) is 3.49. The van der Waals surface area contributed by atoms with Crippen molar-refractivity contribution in [2.45, 2.75) is 33.4 Å². The lowest BCUT2D eigenvalue weighted by atomic mass is 9.98. The average Bonchev–Trinajstić information content (AvgIpc) is 2.44. The summed E-state index contributed by atoms with van der Waals surface area (Å²) in [5.41, 5.74) is 6.52. The van der Waals surface area contributed by atoms with Gasteiger partial charge in [-0.2, -0.15) is 0 Å². The molecule has 2 aromatic carbocycles. The second-order valence-corrected chi connectivity index (χ2v) is 5.94. The number of fused-ring (bicyclic) bond motifs is 1. The molecule has 0 aromatic heterocycles. The van der Waals surface area contributed by atoms with Gasteiger partial charge >= 0.3 is 0 Å². The summed E-state index contributed by atoms with van der Waals surface area (Å²) >= 11 is 0. The first-order valence-corrected chi connectivity index (χ1v) is 7.33. The maximum absolute atomic E-state index is 9.75. The van der Waals surface area contributed by atoms with Gasteiger partial charge in [-0.25, -0.2) is 0 Å². The highest BCUT2D eigenvalue weighted by atomic mass is 16.3. The maximum atomic E-state index is 9.75. The molecule has 20 heavy (non-hydrogen) atoms. The standard InChI is InChI=1S/C18H21NO/c1-13-10-18(20)14(2)9-17(13)12-19-8-7-15-5-3-4-6-16(15)11-19/h3-6,9-10,20H,7-8,11-12H2,1-2H3/p+1. The molecule has 0 saturated heterocycles.